The van der Waals surface area contributed by atoms with E-state index in [-0.39, 0.29) is 0 Å². The van der Waals surface area contributed by atoms with E-state index in [9.17, 15) is 0 Å². The molecule has 0 radical (unpaired) electrons. The molecule has 0 amide bonds. The average molecular weight is 281 g/mol. The molecule has 108 valence electrons. The maximum absolute atomic E-state index is 4.47. The first-order valence-corrected chi connectivity index (χ1v) is 7.00. The van der Waals surface area contributed by atoms with Gasteiger partial charge >= 0.3 is 0 Å². The summed E-state index contributed by atoms with van der Waals surface area (Å²) in [6.07, 6.45) is 7.77. The van der Waals surface area contributed by atoms with E-state index in [1.807, 2.05) is 12.1 Å². The molecular formula is C16H19N5. The van der Waals surface area contributed by atoms with Crippen LogP contribution >= 0.6 is 0 Å². The Morgan fingerprint density at radius 1 is 1.14 bits per heavy atom. The zero-order valence-electron chi connectivity index (χ0n) is 12.3. The molecule has 1 aromatic carbocycles. The Labute approximate surface area is 124 Å². The highest BCUT2D eigenvalue weighted by atomic mass is 15.3. The highest BCUT2D eigenvalue weighted by Crippen LogP contribution is 2.40. The molecule has 0 bridgehead atoms. The van der Waals surface area contributed by atoms with Crippen molar-refractivity contribution in [3.8, 4) is 0 Å². The number of hydrogen-bond donors (Lipinski definition) is 1. The van der Waals surface area contributed by atoms with Gasteiger partial charge in [-0.15, -0.1) is 0 Å². The Balaban J connectivity index is 1.90. The molecule has 0 unspecified atom stereocenters. The van der Waals surface area contributed by atoms with E-state index in [1.54, 1.807) is 12.4 Å². The minimum absolute atomic E-state index is 0.776. The molecule has 3 rings (SSSR count). The first kappa shape index (κ1) is 13.6. The molecule has 5 heteroatoms. The van der Waals surface area contributed by atoms with Crippen molar-refractivity contribution >= 4 is 23.0 Å². The van der Waals surface area contributed by atoms with Gasteiger partial charge in [-0.2, -0.15) is 0 Å². The predicted octanol–water partition coefficient (Wildman–Crippen LogP) is 2.79. The summed E-state index contributed by atoms with van der Waals surface area (Å²) in [7, 11) is 4.12. The van der Waals surface area contributed by atoms with Crippen LogP contribution in [-0.4, -0.2) is 42.1 Å². The van der Waals surface area contributed by atoms with Gasteiger partial charge in [-0.05, 0) is 26.2 Å². The van der Waals surface area contributed by atoms with Gasteiger partial charge < -0.3 is 15.1 Å². The third kappa shape index (κ3) is 2.87. The van der Waals surface area contributed by atoms with Crippen molar-refractivity contribution in [3.05, 3.63) is 48.8 Å². The summed E-state index contributed by atoms with van der Waals surface area (Å²) in [5.41, 5.74) is 2.19. The maximum Gasteiger partial charge on any atom is 0.176 e. The molecule has 21 heavy (non-hydrogen) atoms. The Morgan fingerprint density at radius 2 is 1.95 bits per heavy atom. The molecule has 0 saturated carbocycles. The van der Waals surface area contributed by atoms with E-state index < -0.39 is 0 Å². The number of fused-ring (bicyclic) bond motifs is 2. The molecule has 2 aromatic rings. The standard InChI is InChI=1S/C16H19N5/c1-20(2)11-5-6-12-21-14-8-4-3-7-13(14)19-15-16(21)18-10-9-17-15/h3-10H,11-12H2,1-2H3,(H,17,19). The highest BCUT2D eigenvalue weighted by Gasteiger charge is 2.22. The lowest BCUT2D eigenvalue weighted by Gasteiger charge is -2.31. The van der Waals surface area contributed by atoms with Crippen LogP contribution in [0.5, 0.6) is 0 Å². The quantitative estimate of drug-likeness (QED) is 0.873. The molecule has 0 atom stereocenters. The normalized spacial score (nSPS) is 13.2. The number of hydrogen-bond acceptors (Lipinski definition) is 5. The molecule has 0 spiro atoms. The summed E-state index contributed by atoms with van der Waals surface area (Å²) in [6.45, 7) is 1.71. The number of nitrogens with one attached hydrogen (secondary N) is 1. The zero-order valence-corrected chi connectivity index (χ0v) is 12.3. The van der Waals surface area contributed by atoms with Crippen molar-refractivity contribution in [2.45, 2.75) is 0 Å². The second kappa shape index (κ2) is 5.93. The van der Waals surface area contributed by atoms with Gasteiger partial charge in [0, 0.05) is 25.5 Å². The lowest BCUT2D eigenvalue weighted by Crippen LogP contribution is -2.24. The molecule has 0 aliphatic carbocycles. The van der Waals surface area contributed by atoms with Crippen molar-refractivity contribution in [2.24, 2.45) is 0 Å². The number of nitrogens with zero attached hydrogens (tertiary/aromatic N) is 4. The van der Waals surface area contributed by atoms with Gasteiger partial charge in [0.25, 0.3) is 0 Å². The molecule has 1 aliphatic rings. The second-order valence-electron chi connectivity index (χ2n) is 5.21. The van der Waals surface area contributed by atoms with E-state index in [1.165, 1.54) is 0 Å². The van der Waals surface area contributed by atoms with Gasteiger partial charge in [0.05, 0.1) is 11.4 Å². The smallest absolute Gasteiger partial charge is 0.176 e. The number of anilines is 4. The van der Waals surface area contributed by atoms with Crippen LogP contribution in [0.1, 0.15) is 0 Å². The first-order chi connectivity index (χ1) is 10.3. The first-order valence-electron chi connectivity index (χ1n) is 7.00. The SMILES string of the molecule is CN(C)CC=CCN1c2ccccc2Nc2nccnc21. The average Bonchev–Trinajstić information content (AvgIpc) is 2.50. The number of aromatic nitrogens is 2. The van der Waals surface area contributed by atoms with Crippen molar-refractivity contribution in [1.82, 2.24) is 14.9 Å². The van der Waals surface area contributed by atoms with Gasteiger partial charge in [0.15, 0.2) is 11.6 Å². The summed E-state index contributed by atoms with van der Waals surface area (Å²) in [6, 6.07) is 8.22. The number of para-hydroxylation sites is 2. The monoisotopic (exact) mass is 281 g/mol. The van der Waals surface area contributed by atoms with E-state index in [2.05, 4.69) is 63.5 Å². The zero-order chi connectivity index (χ0) is 14.7. The topological polar surface area (TPSA) is 44.3 Å². The lowest BCUT2D eigenvalue weighted by molar-refractivity contribution is 0.456. The van der Waals surface area contributed by atoms with E-state index in [0.717, 1.165) is 36.1 Å². The van der Waals surface area contributed by atoms with Crippen molar-refractivity contribution in [2.75, 3.05) is 37.4 Å². The van der Waals surface area contributed by atoms with Crippen LogP contribution in [0.3, 0.4) is 0 Å². The summed E-state index contributed by atoms with van der Waals surface area (Å²) < 4.78 is 0. The van der Waals surface area contributed by atoms with Crippen LogP contribution in [-0.2, 0) is 0 Å². The minimum atomic E-state index is 0.776. The Morgan fingerprint density at radius 3 is 2.81 bits per heavy atom. The summed E-state index contributed by atoms with van der Waals surface area (Å²) >= 11 is 0. The molecule has 5 nitrogen and oxygen atoms in total. The van der Waals surface area contributed by atoms with Crippen LogP contribution in [0.2, 0.25) is 0 Å². The van der Waals surface area contributed by atoms with E-state index in [0.29, 0.717) is 0 Å². The number of likely N-dealkylation sites (N-methyl/N-ethyl adjacent to an activating group) is 1. The fraction of sp³-hybridized carbons (Fsp3) is 0.250. The predicted molar refractivity (Wildman–Crippen MR) is 86.5 cm³/mol. The maximum atomic E-state index is 4.47. The fourth-order valence-electron chi connectivity index (χ4n) is 2.32. The van der Waals surface area contributed by atoms with Crippen LogP contribution < -0.4 is 10.2 Å². The van der Waals surface area contributed by atoms with Crippen LogP contribution in [0.15, 0.2) is 48.8 Å². The van der Waals surface area contributed by atoms with Gasteiger partial charge in [0.1, 0.15) is 0 Å². The van der Waals surface area contributed by atoms with Crippen molar-refractivity contribution in [1.29, 1.82) is 0 Å². The molecule has 1 N–H and O–H groups in total. The van der Waals surface area contributed by atoms with Gasteiger partial charge in [-0.3, -0.25) is 0 Å². The summed E-state index contributed by atoms with van der Waals surface area (Å²) in [5.74, 6) is 1.67. The number of benzene rings is 1. The number of rotatable bonds is 4. The molecule has 2 heterocycles. The molecule has 0 fully saturated rings. The van der Waals surface area contributed by atoms with Crippen molar-refractivity contribution < 1.29 is 0 Å². The third-order valence-corrected chi connectivity index (χ3v) is 3.31. The molecule has 1 aliphatic heterocycles. The highest BCUT2D eigenvalue weighted by molar-refractivity contribution is 5.88. The lowest BCUT2D eigenvalue weighted by atomic mass is 10.2. The largest absolute Gasteiger partial charge is 0.335 e. The Bertz CT molecular complexity index is 605. The molecular weight excluding hydrogens is 262 g/mol. The molecule has 0 saturated heterocycles. The van der Waals surface area contributed by atoms with Crippen LogP contribution in [0, 0.1) is 0 Å². The van der Waals surface area contributed by atoms with Gasteiger partial charge in [0.2, 0.25) is 0 Å². The van der Waals surface area contributed by atoms with E-state index >= 15 is 0 Å². The van der Waals surface area contributed by atoms with E-state index in [4.69, 9.17) is 0 Å². The van der Waals surface area contributed by atoms with Crippen LogP contribution in [0.4, 0.5) is 23.0 Å². The summed E-state index contributed by atoms with van der Waals surface area (Å²) in [4.78, 5) is 13.2. The molecule has 1 aromatic heterocycles. The fourth-order valence-corrected chi connectivity index (χ4v) is 2.32. The van der Waals surface area contributed by atoms with Gasteiger partial charge in [-0.25, -0.2) is 9.97 Å². The van der Waals surface area contributed by atoms with Crippen LogP contribution in [0.25, 0.3) is 0 Å². The van der Waals surface area contributed by atoms with Gasteiger partial charge in [-0.1, -0.05) is 24.3 Å². The van der Waals surface area contributed by atoms with Crippen molar-refractivity contribution in [3.63, 3.8) is 0 Å². The Kier molecular flexibility index (Phi) is 3.83. The minimum Gasteiger partial charge on any atom is -0.335 e. The summed E-state index contributed by atoms with van der Waals surface area (Å²) in [5, 5.41) is 3.33. The third-order valence-electron chi connectivity index (χ3n) is 3.31. The Hall–Kier alpha value is -2.40. The second-order valence-corrected chi connectivity index (χ2v) is 5.21.